The minimum Gasteiger partial charge on any atom is -0.478 e. The molecule has 4 rings (SSSR count). The Bertz CT molecular complexity index is 1340. The quantitative estimate of drug-likeness (QED) is 0.419. The van der Waals surface area contributed by atoms with Gasteiger partial charge in [-0.15, -0.1) is 0 Å². The molecule has 0 aliphatic heterocycles. The molecule has 0 atom stereocenters. The molecule has 0 aliphatic carbocycles. The third-order valence-electron chi connectivity index (χ3n) is 5.41. The van der Waals surface area contributed by atoms with E-state index in [-0.39, 0.29) is 17.0 Å². The lowest BCUT2D eigenvalue weighted by molar-refractivity contribution is 0.0692. The minimum atomic E-state index is -1.17. The van der Waals surface area contributed by atoms with E-state index in [0.29, 0.717) is 17.8 Å². The molecular weight excluding hydrogens is 416 g/mol. The Morgan fingerprint density at radius 3 is 2.12 bits per heavy atom. The van der Waals surface area contributed by atoms with Crippen molar-refractivity contribution in [1.82, 2.24) is 0 Å². The number of carboxylic acids is 1. The number of carbonyl (C=O) groups excluding carboxylic acids is 2. The fourth-order valence-electron chi connectivity index (χ4n) is 3.79. The first-order chi connectivity index (χ1) is 16.0. The maximum atomic E-state index is 13.3. The normalized spacial score (nSPS) is 10.6. The SMILES string of the molecule is CCN(C(=O)c1ccc(NC(=O)c2ccccc2C(=O)O)cc1)c1cccc2ccccc12. The first-order valence-electron chi connectivity index (χ1n) is 10.5. The maximum absolute atomic E-state index is 13.3. The molecule has 2 amide bonds. The largest absolute Gasteiger partial charge is 0.478 e. The number of amides is 2. The van der Waals surface area contributed by atoms with E-state index in [4.69, 9.17) is 0 Å². The first kappa shape index (κ1) is 21.8. The summed E-state index contributed by atoms with van der Waals surface area (Å²) in [6.45, 7) is 2.42. The van der Waals surface area contributed by atoms with Gasteiger partial charge in [0.05, 0.1) is 16.8 Å². The van der Waals surface area contributed by atoms with Gasteiger partial charge >= 0.3 is 5.97 Å². The van der Waals surface area contributed by atoms with E-state index in [2.05, 4.69) is 5.32 Å². The molecule has 0 saturated heterocycles. The standard InChI is InChI=1S/C27H22N2O4/c1-2-29(24-13-7-9-18-8-3-4-10-21(18)24)26(31)19-14-16-20(17-15-19)28-25(30)22-11-5-6-12-23(22)27(32)33/h3-17H,2H2,1H3,(H,28,30)(H,32,33). The molecule has 0 fully saturated rings. The van der Waals surface area contributed by atoms with Crippen LogP contribution in [-0.2, 0) is 0 Å². The summed E-state index contributed by atoms with van der Waals surface area (Å²) < 4.78 is 0. The molecule has 0 aromatic heterocycles. The van der Waals surface area contributed by atoms with Crippen LogP contribution in [0.25, 0.3) is 10.8 Å². The number of aromatic carboxylic acids is 1. The molecule has 6 heteroatoms. The van der Waals surface area contributed by atoms with Gasteiger partial charge in [0.1, 0.15) is 0 Å². The molecule has 0 heterocycles. The highest BCUT2D eigenvalue weighted by atomic mass is 16.4. The summed E-state index contributed by atoms with van der Waals surface area (Å²) in [7, 11) is 0. The van der Waals surface area contributed by atoms with E-state index in [1.54, 1.807) is 41.3 Å². The van der Waals surface area contributed by atoms with Gasteiger partial charge in [0.15, 0.2) is 0 Å². The lowest BCUT2D eigenvalue weighted by Gasteiger charge is -2.23. The fourth-order valence-corrected chi connectivity index (χ4v) is 3.79. The van der Waals surface area contributed by atoms with Crippen molar-refractivity contribution < 1.29 is 19.5 Å². The number of hydrogen-bond acceptors (Lipinski definition) is 3. The second kappa shape index (κ2) is 9.36. The van der Waals surface area contributed by atoms with E-state index in [9.17, 15) is 19.5 Å². The Morgan fingerprint density at radius 2 is 1.42 bits per heavy atom. The van der Waals surface area contributed by atoms with E-state index >= 15 is 0 Å². The van der Waals surface area contributed by atoms with Crippen molar-refractivity contribution >= 4 is 39.9 Å². The Kier molecular flexibility index (Phi) is 6.17. The van der Waals surface area contributed by atoms with Crippen molar-refractivity contribution in [3.63, 3.8) is 0 Å². The molecule has 2 N–H and O–H groups in total. The lowest BCUT2D eigenvalue weighted by atomic mass is 10.1. The molecule has 6 nitrogen and oxygen atoms in total. The maximum Gasteiger partial charge on any atom is 0.336 e. The van der Waals surface area contributed by atoms with Crippen LogP contribution in [0.2, 0.25) is 0 Å². The van der Waals surface area contributed by atoms with E-state index in [0.717, 1.165) is 16.5 Å². The van der Waals surface area contributed by atoms with Crippen molar-refractivity contribution in [3.05, 3.63) is 108 Å². The Morgan fingerprint density at radius 1 is 0.788 bits per heavy atom. The summed E-state index contributed by atoms with van der Waals surface area (Å²) in [6, 6.07) is 26.4. The van der Waals surface area contributed by atoms with Crippen molar-refractivity contribution in [2.75, 3.05) is 16.8 Å². The average molecular weight is 438 g/mol. The monoisotopic (exact) mass is 438 g/mol. The van der Waals surface area contributed by atoms with Gasteiger partial charge in [-0.2, -0.15) is 0 Å². The van der Waals surface area contributed by atoms with Crippen molar-refractivity contribution in [2.45, 2.75) is 6.92 Å². The predicted molar refractivity (Wildman–Crippen MR) is 129 cm³/mol. The van der Waals surface area contributed by atoms with Crippen molar-refractivity contribution in [3.8, 4) is 0 Å². The summed E-state index contributed by atoms with van der Waals surface area (Å²) in [4.78, 5) is 38.9. The topological polar surface area (TPSA) is 86.7 Å². The predicted octanol–water partition coefficient (Wildman–Crippen LogP) is 5.46. The fraction of sp³-hybridized carbons (Fsp3) is 0.0741. The van der Waals surface area contributed by atoms with Crippen LogP contribution in [0.15, 0.2) is 91.0 Å². The van der Waals surface area contributed by atoms with Gasteiger partial charge < -0.3 is 15.3 Å². The third-order valence-corrected chi connectivity index (χ3v) is 5.41. The number of nitrogens with zero attached hydrogens (tertiary/aromatic N) is 1. The number of nitrogens with one attached hydrogen (secondary N) is 1. The molecule has 33 heavy (non-hydrogen) atoms. The highest BCUT2D eigenvalue weighted by molar-refractivity contribution is 6.12. The van der Waals surface area contributed by atoms with Gasteiger partial charge in [-0.05, 0) is 54.8 Å². The summed E-state index contributed by atoms with van der Waals surface area (Å²) >= 11 is 0. The Labute approximate surface area is 191 Å². The molecule has 0 radical (unpaired) electrons. The van der Waals surface area contributed by atoms with Gasteiger partial charge in [0.25, 0.3) is 11.8 Å². The zero-order valence-corrected chi connectivity index (χ0v) is 18.0. The van der Waals surface area contributed by atoms with Crippen LogP contribution >= 0.6 is 0 Å². The molecule has 0 aliphatic rings. The summed E-state index contributed by atoms with van der Waals surface area (Å²) in [5.74, 6) is -1.85. The molecule has 0 saturated carbocycles. The van der Waals surface area contributed by atoms with Crippen molar-refractivity contribution in [2.24, 2.45) is 0 Å². The zero-order chi connectivity index (χ0) is 23.4. The van der Waals surface area contributed by atoms with Crippen LogP contribution in [0.5, 0.6) is 0 Å². The van der Waals surface area contributed by atoms with Gasteiger partial charge in [-0.25, -0.2) is 4.79 Å². The number of rotatable bonds is 6. The molecule has 4 aromatic rings. The second-order valence-corrected chi connectivity index (χ2v) is 7.43. The number of hydrogen-bond donors (Lipinski definition) is 2. The summed E-state index contributed by atoms with van der Waals surface area (Å²) in [6.07, 6.45) is 0. The number of anilines is 2. The minimum absolute atomic E-state index is 0.0678. The Balaban J connectivity index is 1.56. The van der Waals surface area contributed by atoms with Crippen LogP contribution in [-0.4, -0.2) is 29.4 Å². The molecule has 0 unspecified atom stereocenters. The third kappa shape index (κ3) is 4.45. The average Bonchev–Trinajstić information content (AvgIpc) is 2.85. The second-order valence-electron chi connectivity index (χ2n) is 7.43. The van der Waals surface area contributed by atoms with Crippen LogP contribution in [0.4, 0.5) is 11.4 Å². The number of carboxylic acid groups (broad SMARTS) is 1. The molecular formula is C27H22N2O4. The van der Waals surface area contributed by atoms with Crippen molar-refractivity contribution in [1.29, 1.82) is 0 Å². The number of fused-ring (bicyclic) bond motifs is 1. The molecule has 0 bridgehead atoms. The summed E-state index contributed by atoms with van der Waals surface area (Å²) in [5.41, 5.74) is 1.77. The van der Waals surface area contributed by atoms with Crippen LogP contribution in [0, 0.1) is 0 Å². The van der Waals surface area contributed by atoms with Gasteiger partial charge in [0.2, 0.25) is 0 Å². The van der Waals surface area contributed by atoms with E-state index in [1.165, 1.54) is 12.1 Å². The van der Waals surface area contributed by atoms with E-state index < -0.39 is 11.9 Å². The van der Waals surface area contributed by atoms with E-state index in [1.807, 2.05) is 49.4 Å². The summed E-state index contributed by atoms with van der Waals surface area (Å²) in [5, 5.41) is 14.0. The van der Waals surface area contributed by atoms with Gasteiger partial charge in [0, 0.05) is 23.2 Å². The molecule has 0 spiro atoms. The molecule has 4 aromatic carbocycles. The number of benzene rings is 4. The van der Waals surface area contributed by atoms with Crippen LogP contribution in [0.1, 0.15) is 38.0 Å². The van der Waals surface area contributed by atoms with Crippen LogP contribution in [0.3, 0.4) is 0 Å². The van der Waals surface area contributed by atoms with Gasteiger partial charge in [-0.3, -0.25) is 9.59 Å². The van der Waals surface area contributed by atoms with Crippen LogP contribution < -0.4 is 10.2 Å². The zero-order valence-electron chi connectivity index (χ0n) is 18.0. The first-order valence-corrected chi connectivity index (χ1v) is 10.5. The van der Waals surface area contributed by atoms with Gasteiger partial charge in [-0.1, -0.05) is 48.5 Å². The lowest BCUT2D eigenvalue weighted by Crippen LogP contribution is -2.30. The molecule has 164 valence electrons. The Hall–Kier alpha value is -4.45. The highest BCUT2D eigenvalue weighted by Gasteiger charge is 2.19. The number of carbonyl (C=O) groups is 3. The smallest absolute Gasteiger partial charge is 0.336 e. The highest BCUT2D eigenvalue weighted by Crippen LogP contribution is 2.28.